The average Bonchev–Trinajstić information content (AvgIpc) is 2.38. The summed E-state index contributed by atoms with van der Waals surface area (Å²) in [5, 5.41) is 0. The summed E-state index contributed by atoms with van der Waals surface area (Å²) in [6, 6.07) is 9.11. The molecule has 3 heteroatoms. The number of carbonyl (C=O) groups excluding carboxylic acids is 1. The summed E-state index contributed by atoms with van der Waals surface area (Å²) in [4.78, 5) is 15.0. The highest BCUT2D eigenvalue weighted by molar-refractivity contribution is 5.90. The third-order valence-corrected chi connectivity index (χ3v) is 2.37. The molecule has 1 aromatic heterocycles. The third-order valence-electron chi connectivity index (χ3n) is 2.37. The third kappa shape index (κ3) is 1.80. The van der Waals surface area contributed by atoms with Gasteiger partial charge in [0.15, 0.2) is 6.29 Å². The number of carbonyl (C=O) groups is 1. The van der Waals surface area contributed by atoms with Gasteiger partial charge in [-0.3, -0.25) is 9.78 Å². The summed E-state index contributed by atoms with van der Waals surface area (Å²) < 4.78 is 5.26. The first-order chi connectivity index (χ1) is 7.86. The molecule has 16 heavy (non-hydrogen) atoms. The fraction of sp³-hybridized carbons (Fsp3) is 0.0769. The summed E-state index contributed by atoms with van der Waals surface area (Å²) in [6.45, 7) is 0. The molecule has 0 saturated carbocycles. The minimum absolute atomic E-state index is 0.616. The zero-order valence-corrected chi connectivity index (χ0v) is 8.88. The maximum Gasteiger partial charge on any atom is 0.150 e. The number of nitrogens with zero attached hydrogens (tertiary/aromatic N) is 1. The summed E-state index contributed by atoms with van der Waals surface area (Å²) in [7, 11) is 1.59. The molecule has 0 fully saturated rings. The summed E-state index contributed by atoms with van der Waals surface area (Å²) in [5.41, 5.74) is 2.35. The Morgan fingerprint density at radius 1 is 1.19 bits per heavy atom. The SMILES string of the molecule is COc1cccc(C=O)c1-c1ccncc1. The van der Waals surface area contributed by atoms with Gasteiger partial charge in [0.1, 0.15) is 5.75 Å². The van der Waals surface area contributed by atoms with Crippen molar-refractivity contribution in [1.29, 1.82) is 0 Å². The zero-order chi connectivity index (χ0) is 11.4. The molecule has 0 aliphatic carbocycles. The molecule has 80 valence electrons. The molecule has 1 heterocycles. The lowest BCUT2D eigenvalue weighted by atomic mass is 10.0. The van der Waals surface area contributed by atoms with Gasteiger partial charge < -0.3 is 4.74 Å². The quantitative estimate of drug-likeness (QED) is 0.735. The van der Waals surface area contributed by atoms with Gasteiger partial charge in [0.05, 0.1) is 7.11 Å². The second kappa shape index (κ2) is 4.57. The molecule has 0 bridgehead atoms. The van der Waals surface area contributed by atoms with Gasteiger partial charge in [0, 0.05) is 23.5 Å². The van der Waals surface area contributed by atoms with Crippen molar-refractivity contribution >= 4 is 6.29 Å². The number of methoxy groups -OCH3 is 1. The van der Waals surface area contributed by atoms with Crippen LogP contribution >= 0.6 is 0 Å². The van der Waals surface area contributed by atoms with Crippen LogP contribution in [0.25, 0.3) is 11.1 Å². The van der Waals surface area contributed by atoms with Gasteiger partial charge in [-0.15, -0.1) is 0 Å². The predicted molar refractivity (Wildman–Crippen MR) is 61.6 cm³/mol. The van der Waals surface area contributed by atoms with Gasteiger partial charge >= 0.3 is 0 Å². The van der Waals surface area contributed by atoms with Crippen LogP contribution in [0.3, 0.4) is 0 Å². The van der Waals surface area contributed by atoms with Crippen LogP contribution < -0.4 is 4.74 Å². The molecule has 0 radical (unpaired) electrons. The standard InChI is InChI=1S/C13H11NO2/c1-16-12-4-2-3-11(9-15)13(12)10-5-7-14-8-6-10/h2-9H,1H3. The number of benzene rings is 1. The van der Waals surface area contributed by atoms with Gasteiger partial charge in [0.2, 0.25) is 0 Å². The highest BCUT2D eigenvalue weighted by Crippen LogP contribution is 2.31. The van der Waals surface area contributed by atoms with Crippen molar-refractivity contribution in [1.82, 2.24) is 4.98 Å². The lowest BCUT2D eigenvalue weighted by molar-refractivity contribution is 0.112. The van der Waals surface area contributed by atoms with Crippen LogP contribution in [0.5, 0.6) is 5.75 Å². The first kappa shape index (κ1) is 10.4. The fourth-order valence-corrected chi connectivity index (χ4v) is 1.64. The summed E-state index contributed by atoms with van der Waals surface area (Å²) >= 11 is 0. The second-order valence-electron chi connectivity index (χ2n) is 3.28. The number of hydrogen-bond acceptors (Lipinski definition) is 3. The molecule has 2 rings (SSSR count). The Hall–Kier alpha value is -2.16. The van der Waals surface area contributed by atoms with E-state index in [1.807, 2.05) is 18.2 Å². The van der Waals surface area contributed by atoms with Crippen LogP contribution in [-0.2, 0) is 0 Å². The Bertz CT molecular complexity index is 495. The van der Waals surface area contributed by atoms with Crippen molar-refractivity contribution in [2.75, 3.05) is 7.11 Å². The topological polar surface area (TPSA) is 39.2 Å². The smallest absolute Gasteiger partial charge is 0.150 e. The van der Waals surface area contributed by atoms with E-state index in [0.717, 1.165) is 17.4 Å². The molecular formula is C13H11NO2. The van der Waals surface area contributed by atoms with Crippen molar-refractivity contribution in [3.05, 3.63) is 48.3 Å². The van der Waals surface area contributed by atoms with E-state index in [2.05, 4.69) is 4.98 Å². The molecule has 0 spiro atoms. The molecule has 3 nitrogen and oxygen atoms in total. The van der Waals surface area contributed by atoms with E-state index in [1.165, 1.54) is 0 Å². The molecule has 0 aliphatic heterocycles. The molecule has 0 amide bonds. The number of rotatable bonds is 3. The van der Waals surface area contributed by atoms with E-state index in [0.29, 0.717) is 11.3 Å². The Morgan fingerprint density at radius 3 is 2.56 bits per heavy atom. The normalized spacial score (nSPS) is 9.81. The van der Waals surface area contributed by atoms with E-state index in [9.17, 15) is 4.79 Å². The lowest BCUT2D eigenvalue weighted by Gasteiger charge is -2.10. The van der Waals surface area contributed by atoms with Gasteiger partial charge in [0.25, 0.3) is 0 Å². The van der Waals surface area contributed by atoms with Crippen molar-refractivity contribution in [3.8, 4) is 16.9 Å². The number of pyridine rings is 1. The predicted octanol–water partition coefficient (Wildman–Crippen LogP) is 2.57. The van der Waals surface area contributed by atoms with Crippen molar-refractivity contribution in [2.45, 2.75) is 0 Å². The minimum Gasteiger partial charge on any atom is -0.496 e. The van der Waals surface area contributed by atoms with Crippen LogP contribution in [0, 0.1) is 0 Å². The van der Waals surface area contributed by atoms with Gasteiger partial charge in [-0.1, -0.05) is 12.1 Å². The fourth-order valence-electron chi connectivity index (χ4n) is 1.64. The van der Waals surface area contributed by atoms with Crippen LogP contribution in [0.1, 0.15) is 10.4 Å². The molecule has 0 N–H and O–H groups in total. The molecule has 0 atom stereocenters. The van der Waals surface area contributed by atoms with Gasteiger partial charge in [-0.25, -0.2) is 0 Å². The summed E-state index contributed by atoms with van der Waals surface area (Å²) in [6.07, 6.45) is 4.21. The Kier molecular flexibility index (Phi) is 2.96. The van der Waals surface area contributed by atoms with Crippen molar-refractivity contribution in [2.24, 2.45) is 0 Å². The van der Waals surface area contributed by atoms with Crippen LogP contribution in [0.2, 0.25) is 0 Å². The highest BCUT2D eigenvalue weighted by Gasteiger charge is 2.10. The Labute approximate surface area is 93.7 Å². The van der Waals surface area contributed by atoms with Crippen molar-refractivity contribution < 1.29 is 9.53 Å². The monoisotopic (exact) mass is 213 g/mol. The largest absolute Gasteiger partial charge is 0.496 e. The van der Waals surface area contributed by atoms with E-state index in [1.54, 1.807) is 31.6 Å². The Balaban J connectivity index is 2.66. The molecular weight excluding hydrogens is 202 g/mol. The molecule has 1 aromatic carbocycles. The zero-order valence-electron chi connectivity index (χ0n) is 8.88. The first-order valence-corrected chi connectivity index (χ1v) is 4.89. The maximum atomic E-state index is 11.0. The number of hydrogen-bond donors (Lipinski definition) is 0. The van der Waals surface area contributed by atoms with Gasteiger partial charge in [-0.2, -0.15) is 0 Å². The molecule has 0 aliphatic rings. The maximum absolute atomic E-state index is 11.0. The van der Waals surface area contributed by atoms with E-state index in [-0.39, 0.29) is 0 Å². The van der Waals surface area contributed by atoms with Crippen LogP contribution in [-0.4, -0.2) is 18.4 Å². The number of aldehydes is 1. The second-order valence-corrected chi connectivity index (χ2v) is 3.28. The summed E-state index contributed by atoms with van der Waals surface area (Å²) in [5.74, 6) is 0.691. The average molecular weight is 213 g/mol. The first-order valence-electron chi connectivity index (χ1n) is 4.89. The van der Waals surface area contributed by atoms with E-state index < -0.39 is 0 Å². The number of aromatic nitrogens is 1. The molecule has 0 unspecified atom stereocenters. The van der Waals surface area contributed by atoms with Crippen molar-refractivity contribution in [3.63, 3.8) is 0 Å². The minimum atomic E-state index is 0.616. The molecule has 0 saturated heterocycles. The van der Waals surface area contributed by atoms with Gasteiger partial charge in [-0.05, 0) is 23.8 Å². The van der Waals surface area contributed by atoms with Crippen LogP contribution in [0.4, 0.5) is 0 Å². The van der Waals surface area contributed by atoms with Crippen LogP contribution in [0.15, 0.2) is 42.7 Å². The Morgan fingerprint density at radius 2 is 1.94 bits per heavy atom. The van der Waals surface area contributed by atoms with E-state index in [4.69, 9.17) is 4.74 Å². The lowest BCUT2D eigenvalue weighted by Crippen LogP contribution is -1.93. The molecule has 2 aromatic rings. The highest BCUT2D eigenvalue weighted by atomic mass is 16.5. The van der Waals surface area contributed by atoms with E-state index >= 15 is 0 Å². The number of ether oxygens (including phenoxy) is 1.